The van der Waals surface area contributed by atoms with E-state index in [-0.39, 0.29) is 11.3 Å². The number of rotatable bonds is 3. The summed E-state index contributed by atoms with van der Waals surface area (Å²) >= 11 is 0. The van der Waals surface area contributed by atoms with E-state index in [2.05, 4.69) is 22.8 Å². The molecule has 1 aliphatic heterocycles. The first-order valence-corrected chi connectivity index (χ1v) is 9.08. The highest BCUT2D eigenvalue weighted by Crippen LogP contribution is 2.47. The summed E-state index contributed by atoms with van der Waals surface area (Å²) in [7, 11) is 0. The quantitative estimate of drug-likeness (QED) is 0.803. The van der Waals surface area contributed by atoms with Crippen LogP contribution < -0.4 is 16.4 Å². The molecule has 124 valence electrons. The van der Waals surface area contributed by atoms with Crippen molar-refractivity contribution in [2.45, 2.75) is 62.4 Å². The van der Waals surface area contributed by atoms with Crippen LogP contribution in [-0.4, -0.2) is 24.5 Å². The van der Waals surface area contributed by atoms with Gasteiger partial charge in [0.05, 0.1) is 5.41 Å². The van der Waals surface area contributed by atoms with Crippen LogP contribution in [0, 0.1) is 5.92 Å². The van der Waals surface area contributed by atoms with Gasteiger partial charge in [0.1, 0.15) is 0 Å². The van der Waals surface area contributed by atoms with Crippen LogP contribution in [0.5, 0.6) is 0 Å². The Morgan fingerprint density at radius 2 is 1.91 bits per heavy atom. The minimum absolute atomic E-state index is 0.209. The standard InChI is InChI=1S/C19H27N3O/c20-12-13-5-6-15(11-13)21-14-7-9-19(10-8-14)16-3-1-2-4-17(16)22-18(19)23/h1-4,13-15,21H,5-12,20H2,(H,22,23). The molecule has 3 aliphatic rings. The summed E-state index contributed by atoms with van der Waals surface area (Å²) in [5.74, 6) is 0.913. The van der Waals surface area contributed by atoms with Gasteiger partial charge < -0.3 is 16.4 Å². The number of carbonyl (C=O) groups is 1. The predicted octanol–water partition coefficient (Wildman–Crippen LogP) is 2.54. The molecule has 4 nitrogen and oxygen atoms in total. The van der Waals surface area contributed by atoms with Gasteiger partial charge in [-0.3, -0.25) is 4.79 Å². The lowest BCUT2D eigenvalue weighted by Gasteiger charge is -2.37. The predicted molar refractivity (Wildman–Crippen MR) is 92.3 cm³/mol. The molecule has 23 heavy (non-hydrogen) atoms. The van der Waals surface area contributed by atoms with Gasteiger partial charge in [-0.15, -0.1) is 0 Å². The van der Waals surface area contributed by atoms with Gasteiger partial charge in [0.15, 0.2) is 0 Å². The van der Waals surface area contributed by atoms with Gasteiger partial charge >= 0.3 is 0 Å². The largest absolute Gasteiger partial charge is 0.330 e. The number of para-hydroxylation sites is 1. The SMILES string of the molecule is NCC1CCC(NC2CCC3(CC2)C(=O)Nc2ccccc23)C1. The molecule has 0 radical (unpaired) electrons. The third kappa shape index (κ3) is 2.58. The molecule has 0 bridgehead atoms. The van der Waals surface area contributed by atoms with Gasteiger partial charge in [0.25, 0.3) is 0 Å². The maximum atomic E-state index is 12.6. The lowest BCUT2D eigenvalue weighted by molar-refractivity contribution is -0.122. The van der Waals surface area contributed by atoms with Gasteiger partial charge in [0, 0.05) is 17.8 Å². The molecule has 2 unspecified atom stereocenters. The van der Waals surface area contributed by atoms with Crippen LogP contribution in [0.4, 0.5) is 5.69 Å². The van der Waals surface area contributed by atoms with E-state index in [1.54, 1.807) is 0 Å². The topological polar surface area (TPSA) is 67.1 Å². The zero-order valence-corrected chi connectivity index (χ0v) is 13.7. The second-order valence-electron chi connectivity index (χ2n) is 7.63. The first kappa shape index (κ1) is 15.2. The van der Waals surface area contributed by atoms with Crippen LogP contribution in [0.1, 0.15) is 50.5 Å². The van der Waals surface area contributed by atoms with Crippen molar-refractivity contribution in [3.63, 3.8) is 0 Å². The van der Waals surface area contributed by atoms with Gasteiger partial charge in [-0.1, -0.05) is 18.2 Å². The molecule has 0 saturated heterocycles. The molecule has 1 aromatic rings. The highest BCUT2D eigenvalue weighted by Gasteiger charge is 2.48. The maximum absolute atomic E-state index is 12.6. The highest BCUT2D eigenvalue weighted by molar-refractivity contribution is 6.06. The maximum Gasteiger partial charge on any atom is 0.235 e. The fourth-order valence-electron chi connectivity index (χ4n) is 4.92. The average molecular weight is 313 g/mol. The Labute approximate surface area is 138 Å². The Morgan fingerprint density at radius 3 is 2.65 bits per heavy atom. The number of anilines is 1. The third-order valence-electron chi connectivity index (χ3n) is 6.31. The zero-order chi connectivity index (χ0) is 15.9. The first-order chi connectivity index (χ1) is 11.2. The van der Waals surface area contributed by atoms with Gasteiger partial charge in [-0.2, -0.15) is 0 Å². The fraction of sp³-hybridized carbons (Fsp3) is 0.632. The molecule has 0 aromatic heterocycles. The lowest BCUT2D eigenvalue weighted by Crippen LogP contribution is -2.45. The van der Waals surface area contributed by atoms with Crippen LogP contribution in [0.25, 0.3) is 0 Å². The van der Waals surface area contributed by atoms with E-state index in [4.69, 9.17) is 5.73 Å². The van der Waals surface area contributed by atoms with Crippen molar-refractivity contribution in [3.8, 4) is 0 Å². The Hall–Kier alpha value is -1.39. The van der Waals surface area contributed by atoms with Gasteiger partial charge in [0.2, 0.25) is 5.91 Å². The fourth-order valence-corrected chi connectivity index (χ4v) is 4.92. The molecule has 4 heteroatoms. The summed E-state index contributed by atoms with van der Waals surface area (Å²) in [5, 5.41) is 6.93. The van der Waals surface area contributed by atoms with Gasteiger partial charge in [-0.25, -0.2) is 0 Å². The van der Waals surface area contributed by atoms with Crippen molar-refractivity contribution in [1.29, 1.82) is 0 Å². The number of benzene rings is 1. The second-order valence-corrected chi connectivity index (χ2v) is 7.63. The van der Waals surface area contributed by atoms with E-state index in [9.17, 15) is 4.79 Å². The highest BCUT2D eigenvalue weighted by atomic mass is 16.2. The Kier molecular flexibility index (Phi) is 3.90. The van der Waals surface area contributed by atoms with Crippen LogP contribution in [-0.2, 0) is 10.2 Å². The summed E-state index contributed by atoms with van der Waals surface area (Å²) in [6.45, 7) is 0.822. The van der Waals surface area contributed by atoms with Crippen LogP contribution in [0.2, 0.25) is 0 Å². The average Bonchev–Trinajstić information content (AvgIpc) is 3.13. The third-order valence-corrected chi connectivity index (χ3v) is 6.31. The van der Waals surface area contributed by atoms with Crippen LogP contribution >= 0.6 is 0 Å². The molecule has 2 saturated carbocycles. The number of hydrogen-bond donors (Lipinski definition) is 3. The van der Waals surface area contributed by atoms with Crippen molar-refractivity contribution in [2.24, 2.45) is 11.7 Å². The molecule has 1 aromatic carbocycles. The molecule has 2 atom stereocenters. The monoisotopic (exact) mass is 313 g/mol. The van der Waals surface area contributed by atoms with E-state index in [1.165, 1.54) is 24.8 Å². The summed E-state index contributed by atoms with van der Waals surface area (Å²) in [6, 6.07) is 9.40. The minimum Gasteiger partial charge on any atom is -0.330 e. The Balaban J connectivity index is 1.41. The van der Waals surface area contributed by atoms with Crippen molar-refractivity contribution in [1.82, 2.24) is 5.32 Å². The second kappa shape index (κ2) is 5.91. The van der Waals surface area contributed by atoms with E-state index in [0.717, 1.165) is 37.9 Å². The number of fused-ring (bicyclic) bond motifs is 2. The Bertz CT molecular complexity index is 592. The molecular weight excluding hydrogens is 286 g/mol. The molecule has 2 aliphatic carbocycles. The summed E-state index contributed by atoms with van der Waals surface area (Å²) in [6.07, 6.45) is 7.84. The molecule has 1 spiro atoms. The van der Waals surface area contributed by atoms with Gasteiger partial charge in [-0.05, 0) is 69.0 Å². The van der Waals surface area contributed by atoms with Crippen LogP contribution in [0.3, 0.4) is 0 Å². The number of nitrogens with two attached hydrogens (primary N) is 1. The zero-order valence-electron chi connectivity index (χ0n) is 13.7. The molecule has 1 heterocycles. The number of nitrogens with one attached hydrogen (secondary N) is 2. The number of carbonyl (C=O) groups excluding carboxylic acids is 1. The van der Waals surface area contributed by atoms with Crippen LogP contribution in [0.15, 0.2) is 24.3 Å². The molecule has 4 rings (SSSR count). The Morgan fingerprint density at radius 1 is 1.13 bits per heavy atom. The minimum atomic E-state index is -0.274. The normalized spacial score (nSPS) is 36.2. The summed E-state index contributed by atoms with van der Waals surface area (Å²) in [5.41, 5.74) is 7.76. The summed E-state index contributed by atoms with van der Waals surface area (Å²) < 4.78 is 0. The lowest BCUT2D eigenvalue weighted by atomic mass is 9.69. The number of amides is 1. The van der Waals surface area contributed by atoms with E-state index >= 15 is 0 Å². The van der Waals surface area contributed by atoms with Crippen molar-refractivity contribution >= 4 is 11.6 Å². The van der Waals surface area contributed by atoms with E-state index in [1.807, 2.05) is 12.1 Å². The van der Waals surface area contributed by atoms with Crippen molar-refractivity contribution in [3.05, 3.63) is 29.8 Å². The molecule has 1 amide bonds. The number of hydrogen-bond acceptors (Lipinski definition) is 3. The smallest absolute Gasteiger partial charge is 0.235 e. The molecule has 4 N–H and O–H groups in total. The molecular formula is C19H27N3O. The van der Waals surface area contributed by atoms with E-state index < -0.39 is 0 Å². The molecule has 2 fully saturated rings. The first-order valence-electron chi connectivity index (χ1n) is 9.08. The summed E-state index contributed by atoms with van der Waals surface area (Å²) in [4.78, 5) is 12.6. The van der Waals surface area contributed by atoms with Crippen molar-refractivity contribution < 1.29 is 4.79 Å². The van der Waals surface area contributed by atoms with Crippen molar-refractivity contribution in [2.75, 3.05) is 11.9 Å². The van der Waals surface area contributed by atoms with E-state index in [0.29, 0.717) is 18.0 Å².